The normalized spacial score (nSPS) is 11.0. The minimum Gasteiger partial charge on any atom is -0.421 e. The molecule has 0 fully saturated rings. The molecule has 4 aromatic rings. The van der Waals surface area contributed by atoms with Crippen molar-refractivity contribution in [2.24, 2.45) is 5.10 Å². The lowest BCUT2D eigenvalue weighted by Gasteiger charge is -2.11. The van der Waals surface area contributed by atoms with E-state index in [1.165, 1.54) is 6.21 Å². The van der Waals surface area contributed by atoms with E-state index in [9.17, 15) is 9.59 Å². The zero-order chi connectivity index (χ0) is 24.1. The van der Waals surface area contributed by atoms with E-state index in [0.29, 0.717) is 21.3 Å². The summed E-state index contributed by atoms with van der Waals surface area (Å²) in [4.78, 5) is 25.2. The summed E-state index contributed by atoms with van der Waals surface area (Å²) in [5.74, 6) is -0.478. The number of ether oxygens (including phenoxy) is 1. The summed E-state index contributed by atoms with van der Waals surface area (Å²) in [6.07, 6.45) is 1.63. The molecule has 4 rings (SSSR count). The maximum atomic E-state index is 12.7. The van der Waals surface area contributed by atoms with Crippen LogP contribution in [0.2, 0.25) is 0 Å². The van der Waals surface area contributed by atoms with Gasteiger partial charge in [-0.3, -0.25) is 4.79 Å². The van der Waals surface area contributed by atoms with E-state index in [1.807, 2.05) is 48.5 Å². The summed E-state index contributed by atoms with van der Waals surface area (Å²) in [5.41, 5.74) is 4.38. The molecule has 0 heterocycles. The van der Waals surface area contributed by atoms with Crippen LogP contribution in [0.3, 0.4) is 0 Å². The van der Waals surface area contributed by atoms with Gasteiger partial charge < -0.3 is 4.74 Å². The van der Waals surface area contributed by atoms with Gasteiger partial charge in [-0.25, -0.2) is 10.2 Å². The quantitative estimate of drug-likeness (QED) is 0.106. The van der Waals surface area contributed by atoms with Crippen molar-refractivity contribution in [1.82, 2.24) is 5.43 Å². The third-order valence-corrected chi connectivity index (χ3v) is 6.46. The molecule has 0 aliphatic carbocycles. The summed E-state index contributed by atoms with van der Waals surface area (Å²) >= 11 is 10.2. The van der Waals surface area contributed by atoms with E-state index in [-0.39, 0.29) is 12.3 Å². The van der Waals surface area contributed by atoms with Crippen molar-refractivity contribution in [2.75, 3.05) is 0 Å². The van der Waals surface area contributed by atoms with E-state index in [1.54, 1.807) is 30.3 Å². The van der Waals surface area contributed by atoms with Crippen LogP contribution >= 0.6 is 47.8 Å². The number of hydrogen-bond donors (Lipinski definition) is 1. The second kappa shape index (κ2) is 11.1. The smallest absolute Gasteiger partial charge is 0.343 e. The number of halogens is 3. The molecule has 0 saturated carbocycles. The predicted molar refractivity (Wildman–Crippen MR) is 144 cm³/mol. The third kappa shape index (κ3) is 6.00. The first kappa shape index (κ1) is 24.3. The second-order valence-electron chi connectivity index (χ2n) is 7.31. The molecule has 1 N–H and O–H groups in total. The number of hydrazone groups is 1. The maximum Gasteiger partial charge on any atom is 0.343 e. The van der Waals surface area contributed by atoms with Gasteiger partial charge in [-0.2, -0.15) is 5.10 Å². The van der Waals surface area contributed by atoms with Crippen LogP contribution in [0.25, 0.3) is 10.8 Å². The van der Waals surface area contributed by atoms with Crippen molar-refractivity contribution in [3.8, 4) is 5.75 Å². The van der Waals surface area contributed by atoms with Gasteiger partial charge in [0.15, 0.2) is 5.75 Å². The Labute approximate surface area is 221 Å². The Morgan fingerprint density at radius 3 is 2.47 bits per heavy atom. The number of benzene rings is 4. The average molecular weight is 645 g/mol. The molecular formula is C26H17Br3N2O3. The lowest BCUT2D eigenvalue weighted by Crippen LogP contribution is -2.20. The molecule has 170 valence electrons. The van der Waals surface area contributed by atoms with Crippen molar-refractivity contribution in [2.45, 2.75) is 6.42 Å². The molecule has 0 radical (unpaired) electrons. The molecule has 5 nitrogen and oxygen atoms in total. The average Bonchev–Trinajstić information content (AvgIpc) is 2.81. The van der Waals surface area contributed by atoms with Gasteiger partial charge in [0.05, 0.1) is 22.7 Å². The van der Waals surface area contributed by atoms with Crippen molar-refractivity contribution >= 4 is 76.7 Å². The zero-order valence-electron chi connectivity index (χ0n) is 17.6. The molecule has 0 aliphatic rings. The maximum absolute atomic E-state index is 12.7. The minimum absolute atomic E-state index is 0.186. The van der Waals surface area contributed by atoms with Gasteiger partial charge in [0.25, 0.3) is 0 Å². The molecule has 4 aromatic carbocycles. The number of fused-ring (bicyclic) bond motifs is 1. The van der Waals surface area contributed by atoms with E-state index in [0.717, 1.165) is 25.3 Å². The molecule has 8 heteroatoms. The van der Waals surface area contributed by atoms with Crippen LogP contribution in [0.1, 0.15) is 21.5 Å². The Hall–Kier alpha value is -2.81. The number of esters is 1. The lowest BCUT2D eigenvalue weighted by atomic mass is 10.0. The first-order valence-electron chi connectivity index (χ1n) is 10.2. The Morgan fingerprint density at radius 2 is 1.65 bits per heavy atom. The van der Waals surface area contributed by atoms with E-state index >= 15 is 0 Å². The van der Waals surface area contributed by atoms with Crippen LogP contribution in [0.5, 0.6) is 5.75 Å². The lowest BCUT2D eigenvalue weighted by molar-refractivity contribution is -0.120. The van der Waals surface area contributed by atoms with E-state index < -0.39 is 5.97 Å². The summed E-state index contributed by atoms with van der Waals surface area (Å²) in [6.45, 7) is 0. The number of carbonyl (C=O) groups excluding carboxylic acids is 2. The zero-order valence-corrected chi connectivity index (χ0v) is 22.4. The Bertz CT molecular complexity index is 1410. The van der Waals surface area contributed by atoms with Crippen molar-refractivity contribution in [1.29, 1.82) is 0 Å². The largest absolute Gasteiger partial charge is 0.421 e. The Balaban J connectivity index is 1.50. The number of nitrogens with zero attached hydrogens (tertiary/aromatic N) is 1. The molecule has 0 aliphatic heterocycles. The SMILES string of the molecule is O=C(Cc1cccc2ccccc12)NN=Cc1cc(Br)cc(Br)c1OC(=O)c1cccc(Br)c1. The topological polar surface area (TPSA) is 67.8 Å². The molecule has 0 saturated heterocycles. The van der Waals surface area contributed by atoms with Gasteiger partial charge in [-0.15, -0.1) is 0 Å². The fraction of sp³-hybridized carbons (Fsp3) is 0.0385. The van der Waals surface area contributed by atoms with Gasteiger partial charge in [-0.1, -0.05) is 80.4 Å². The predicted octanol–water partition coefficient (Wildman–Crippen LogP) is 7.04. The monoisotopic (exact) mass is 642 g/mol. The third-order valence-electron chi connectivity index (χ3n) is 4.92. The molecule has 1 amide bonds. The van der Waals surface area contributed by atoms with Crippen LogP contribution in [-0.4, -0.2) is 18.1 Å². The first-order chi connectivity index (χ1) is 16.4. The van der Waals surface area contributed by atoms with E-state index in [2.05, 4.69) is 58.3 Å². The van der Waals surface area contributed by atoms with Crippen LogP contribution in [-0.2, 0) is 11.2 Å². The Morgan fingerprint density at radius 1 is 0.882 bits per heavy atom. The highest BCUT2D eigenvalue weighted by Gasteiger charge is 2.16. The van der Waals surface area contributed by atoms with Gasteiger partial charge in [0.1, 0.15) is 0 Å². The van der Waals surface area contributed by atoms with Crippen molar-refractivity contribution < 1.29 is 14.3 Å². The number of nitrogens with one attached hydrogen (secondary N) is 1. The van der Waals surface area contributed by atoms with Crippen LogP contribution < -0.4 is 10.2 Å². The molecule has 0 bridgehead atoms. The molecule has 0 unspecified atom stereocenters. The first-order valence-corrected chi connectivity index (χ1v) is 12.5. The molecular weight excluding hydrogens is 628 g/mol. The second-order valence-corrected chi connectivity index (χ2v) is 10.00. The van der Waals surface area contributed by atoms with E-state index in [4.69, 9.17) is 4.74 Å². The molecule has 0 aromatic heterocycles. The van der Waals surface area contributed by atoms with Crippen LogP contribution in [0.15, 0.2) is 97.4 Å². The summed E-state index contributed by atoms with van der Waals surface area (Å²) in [5, 5.41) is 6.20. The minimum atomic E-state index is -0.515. The summed E-state index contributed by atoms with van der Waals surface area (Å²) in [7, 11) is 0. The van der Waals surface area contributed by atoms with Gasteiger partial charge in [-0.05, 0) is 62.6 Å². The highest BCUT2D eigenvalue weighted by molar-refractivity contribution is 9.11. The highest BCUT2D eigenvalue weighted by Crippen LogP contribution is 2.33. The molecule has 34 heavy (non-hydrogen) atoms. The number of hydrogen-bond acceptors (Lipinski definition) is 4. The van der Waals surface area contributed by atoms with Crippen molar-refractivity contribution in [3.05, 3.63) is 109 Å². The summed E-state index contributed by atoms with van der Waals surface area (Å²) in [6, 6.07) is 24.2. The fourth-order valence-electron chi connectivity index (χ4n) is 3.38. The highest BCUT2D eigenvalue weighted by atomic mass is 79.9. The number of amides is 1. The number of rotatable bonds is 6. The van der Waals surface area contributed by atoms with Gasteiger partial charge >= 0.3 is 5.97 Å². The van der Waals surface area contributed by atoms with Crippen LogP contribution in [0, 0.1) is 0 Å². The molecule has 0 atom stereocenters. The van der Waals surface area contributed by atoms with Crippen LogP contribution in [0.4, 0.5) is 0 Å². The van der Waals surface area contributed by atoms with Gasteiger partial charge in [0.2, 0.25) is 5.91 Å². The molecule has 0 spiro atoms. The summed E-state index contributed by atoms with van der Waals surface area (Å²) < 4.78 is 7.73. The van der Waals surface area contributed by atoms with Crippen molar-refractivity contribution in [3.63, 3.8) is 0 Å². The standard InChI is InChI=1S/C26H17Br3N2O3/c27-20-9-4-8-18(11-20)26(33)34-25-19(12-21(28)14-23(25)29)15-30-31-24(32)13-17-7-3-6-16-5-1-2-10-22(16)17/h1-12,14-15H,13H2,(H,31,32). The Kier molecular flexibility index (Phi) is 7.92. The number of carbonyl (C=O) groups is 2. The fourth-order valence-corrected chi connectivity index (χ4v) is 5.12. The van der Waals surface area contributed by atoms with Gasteiger partial charge in [0, 0.05) is 14.5 Å².